The van der Waals surface area contributed by atoms with Crippen molar-refractivity contribution >= 4 is 17.6 Å². The first-order valence-corrected chi connectivity index (χ1v) is 6.64. The molecule has 1 amide bonds. The molecule has 0 aliphatic carbocycles. The molecule has 0 unspecified atom stereocenters. The Morgan fingerprint density at radius 1 is 1.29 bits per heavy atom. The summed E-state index contributed by atoms with van der Waals surface area (Å²) in [5.74, 6) is 0.600. The molecule has 0 saturated carbocycles. The van der Waals surface area contributed by atoms with Gasteiger partial charge in [0.2, 0.25) is 0 Å². The van der Waals surface area contributed by atoms with Crippen LogP contribution in [0.3, 0.4) is 0 Å². The average Bonchev–Trinajstić information content (AvgIpc) is 2.69. The van der Waals surface area contributed by atoms with Crippen molar-refractivity contribution in [1.82, 2.24) is 9.78 Å². The Bertz CT molecular complexity index is 639. The molecule has 1 aromatic heterocycles. The second kappa shape index (κ2) is 5.47. The van der Waals surface area contributed by atoms with Crippen LogP contribution in [0.25, 0.3) is 11.1 Å². The predicted octanol–water partition coefficient (Wildman–Crippen LogP) is 3.02. The van der Waals surface area contributed by atoms with Crippen molar-refractivity contribution in [3.05, 3.63) is 30.5 Å². The summed E-state index contributed by atoms with van der Waals surface area (Å²) in [7, 11) is 1.79. The minimum absolute atomic E-state index is 0.476. The molecular weight excluding hydrogens is 268 g/mol. The Morgan fingerprint density at radius 2 is 1.90 bits per heavy atom. The number of aromatic nitrogens is 2. The summed E-state index contributed by atoms with van der Waals surface area (Å²) in [6.45, 7) is 5.46. The molecule has 0 radical (unpaired) electrons. The second-order valence-electron chi connectivity index (χ2n) is 5.77. The number of anilines is 2. The molecule has 21 heavy (non-hydrogen) atoms. The van der Waals surface area contributed by atoms with Crippen molar-refractivity contribution in [2.45, 2.75) is 26.4 Å². The van der Waals surface area contributed by atoms with Gasteiger partial charge in [-0.2, -0.15) is 5.10 Å². The van der Waals surface area contributed by atoms with Gasteiger partial charge in [-0.05, 0) is 38.5 Å². The van der Waals surface area contributed by atoms with Crippen LogP contribution in [0.5, 0.6) is 0 Å². The van der Waals surface area contributed by atoms with Crippen molar-refractivity contribution in [3.63, 3.8) is 0 Å². The van der Waals surface area contributed by atoms with E-state index in [1.807, 2.05) is 32.9 Å². The van der Waals surface area contributed by atoms with Gasteiger partial charge in [-0.25, -0.2) is 4.79 Å². The number of nitrogen functional groups attached to an aromatic ring is 1. The number of benzene rings is 1. The quantitative estimate of drug-likeness (QED) is 0.890. The fourth-order valence-electron chi connectivity index (χ4n) is 1.82. The second-order valence-corrected chi connectivity index (χ2v) is 5.77. The molecule has 2 rings (SSSR count). The van der Waals surface area contributed by atoms with Gasteiger partial charge >= 0.3 is 6.09 Å². The van der Waals surface area contributed by atoms with E-state index in [-0.39, 0.29) is 0 Å². The largest absolute Gasteiger partial charge is 0.444 e. The third-order valence-electron chi connectivity index (χ3n) is 2.83. The lowest BCUT2D eigenvalue weighted by Crippen LogP contribution is -2.27. The van der Waals surface area contributed by atoms with Gasteiger partial charge in [0.15, 0.2) is 0 Å². The third kappa shape index (κ3) is 3.75. The lowest BCUT2D eigenvalue weighted by atomic mass is 10.1. The van der Waals surface area contributed by atoms with Crippen molar-refractivity contribution in [2.24, 2.45) is 7.05 Å². The fourth-order valence-corrected chi connectivity index (χ4v) is 1.82. The molecule has 2 aromatic rings. The van der Waals surface area contributed by atoms with Crippen LogP contribution < -0.4 is 11.1 Å². The van der Waals surface area contributed by atoms with E-state index in [2.05, 4.69) is 10.4 Å². The number of ether oxygens (including phenoxy) is 1. The zero-order valence-electron chi connectivity index (χ0n) is 12.7. The zero-order valence-corrected chi connectivity index (χ0v) is 12.7. The number of nitrogens with one attached hydrogen (secondary N) is 1. The minimum atomic E-state index is -0.520. The Morgan fingerprint density at radius 3 is 2.38 bits per heavy atom. The SMILES string of the molecule is Cn1ncc(-c2ccc(NC(=O)OC(C)(C)C)cc2)c1N. The topological polar surface area (TPSA) is 82.2 Å². The zero-order chi connectivity index (χ0) is 15.6. The summed E-state index contributed by atoms with van der Waals surface area (Å²) in [4.78, 5) is 11.7. The maximum Gasteiger partial charge on any atom is 0.412 e. The molecule has 0 saturated heterocycles. The van der Waals surface area contributed by atoms with Crippen LogP contribution in [0.15, 0.2) is 30.5 Å². The highest BCUT2D eigenvalue weighted by Crippen LogP contribution is 2.26. The number of carbonyl (C=O) groups is 1. The first kappa shape index (κ1) is 14.9. The van der Waals surface area contributed by atoms with Gasteiger partial charge in [-0.3, -0.25) is 10.00 Å². The highest BCUT2D eigenvalue weighted by atomic mass is 16.6. The van der Waals surface area contributed by atoms with Crippen molar-refractivity contribution in [1.29, 1.82) is 0 Å². The predicted molar refractivity (Wildman–Crippen MR) is 82.9 cm³/mol. The van der Waals surface area contributed by atoms with Crippen molar-refractivity contribution in [2.75, 3.05) is 11.1 Å². The molecule has 112 valence electrons. The number of aryl methyl sites for hydroxylation is 1. The third-order valence-corrected chi connectivity index (χ3v) is 2.83. The Labute approximate surface area is 123 Å². The van der Waals surface area contributed by atoms with Gasteiger partial charge in [-0.15, -0.1) is 0 Å². The van der Waals surface area contributed by atoms with E-state index in [1.54, 1.807) is 30.1 Å². The first-order chi connectivity index (χ1) is 9.76. The van der Waals surface area contributed by atoms with E-state index in [1.165, 1.54) is 0 Å². The molecule has 0 spiro atoms. The standard InChI is InChI=1S/C15H20N4O2/c1-15(2,3)21-14(20)18-11-7-5-10(6-8-11)12-9-17-19(4)13(12)16/h5-9H,16H2,1-4H3,(H,18,20). The van der Waals surface area contributed by atoms with Gasteiger partial charge in [0.1, 0.15) is 11.4 Å². The number of amides is 1. The molecular formula is C15H20N4O2. The molecule has 0 aliphatic rings. The van der Waals surface area contributed by atoms with Gasteiger partial charge in [0.25, 0.3) is 0 Å². The Kier molecular flexibility index (Phi) is 3.88. The Balaban J connectivity index is 2.09. The molecule has 1 heterocycles. The summed E-state index contributed by atoms with van der Waals surface area (Å²) in [5.41, 5.74) is 7.88. The van der Waals surface area contributed by atoms with E-state index in [9.17, 15) is 4.79 Å². The lowest BCUT2D eigenvalue weighted by Gasteiger charge is -2.19. The molecule has 0 fully saturated rings. The van der Waals surface area contributed by atoms with Gasteiger partial charge in [0, 0.05) is 18.3 Å². The molecule has 0 aliphatic heterocycles. The monoisotopic (exact) mass is 288 g/mol. The first-order valence-electron chi connectivity index (χ1n) is 6.64. The number of hydrogen-bond acceptors (Lipinski definition) is 4. The highest BCUT2D eigenvalue weighted by Gasteiger charge is 2.16. The van der Waals surface area contributed by atoms with Gasteiger partial charge < -0.3 is 10.5 Å². The lowest BCUT2D eigenvalue weighted by molar-refractivity contribution is 0.0636. The van der Waals surface area contributed by atoms with Crippen LogP contribution in [0.1, 0.15) is 20.8 Å². The number of nitrogens with zero attached hydrogens (tertiary/aromatic N) is 2. The summed E-state index contributed by atoms with van der Waals surface area (Å²) in [6.07, 6.45) is 1.24. The van der Waals surface area contributed by atoms with E-state index in [0.29, 0.717) is 11.5 Å². The van der Waals surface area contributed by atoms with E-state index in [0.717, 1.165) is 11.1 Å². The van der Waals surface area contributed by atoms with Gasteiger partial charge in [-0.1, -0.05) is 12.1 Å². The van der Waals surface area contributed by atoms with E-state index >= 15 is 0 Å². The van der Waals surface area contributed by atoms with E-state index in [4.69, 9.17) is 10.5 Å². The molecule has 0 bridgehead atoms. The normalized spacial score (nSPS) is 11.2. The molecule has 6 heteroatoms. The maximum absolute atomic E-state index is 11.7. The van der Waals surface area contributed by atoms with Crippen LogP contribution in [0.2, 0.25) is 0 Å². The van der Waals surface area contributed by atoms with Crippen LogP contribution in [-0.2, 0) is 11.8 Å². The number of rotatable bonds is 2. The molecule has 1 aromatic carbocycles. The van der Waals surface area contributed by atoms with Gasteiger partial charge in [0.05, 0.1) is 6.20 Å². The summed E-state index contributed by atoms with van der Waals surface area (Å²) in [5, 5.41) is 6.79. The average molecular weight is 288 g/mol. The molecule has 3 N–H and O–H groups in total. The summed E-state index contributed by atoms with van der Waals surface area (Å²) < 4.78 is 6.81. The van der Waals surface area contributed by atoms with Crippen LogP contribution in [-0.4, -0.2) is 21.5 Å². The number of nitrogens with two attached hydrogens (primary N) is 1. The minimum Gasteiger partial charge on any atom is -0.444 e. The van der Waals surface area contributed by atoms with Crippen LogP contribution in [0.4, 0.5) is 16.3 Å². The summed E-state index contributed by atoms with van der Waals surface area (Å²) in [6, 6.07) is 7.34. The molecule has 0 atom stereocenters. The smallest absolute Gasteiger partial charge is 0.412 e. The number of carbonyl (C=O) groups excluding carboxylic acids is 1. The van der Waals surface area contributed by atoms with Crippen molar-refractivity contribution < 1.29 is 9.53 Å². The van der Waals surface area contributed by atoms with E-state index < -0.39 is 11.7 Å². The number of hydrogen-bond donors (Lipinski definition) is 2. The Hall–Kier alpha value is -2.50. The fraction of sp³-hybridized carbons (Fsp3) is 0.333. The maximum atomic E-state index is 11.7. The summed E-state index contributed by atoms with van der Waals surface area (Å²) >= 11 is 0. The molecule has 6 nitrogen and oxygen atoms in total. The van der Waals surface area contributed by atoms with Crippen LogP contribution in [0, 0.1) is 0 Å². The van der Waals surface area contributed by atoms with Crippen LogP contribution >= 0.6 is 0 Å². The van der Waals surface area contributed by atoms with Crippen molar-refractivity contribution in [3.8, 4) is 11.1 Å². The highest BCUT2D eigenvalue weighted by molar-refractivity contribution is 5.85.